The van der Waals surface area contributed by atoms with Crippen LogP contribution < -0.4 is 4.90 Å². The van der Waals surface area contributed by atoms with Gasteiger partial charge in [-0.1, -0.05) is 36.4 Å². The molecule has 6 heteroatoms. The van der Waals surface area contributed by atoms with Gasteiger partial charge in [-0.3, -0.25) is 14.6 Å². The van der Waals surface area contributed by atoms with Crippen LogP contribution in [0, 0.1) is 5.82 Å². The molecule has 2 aromatic rings. The number of aliphatic hydroxyl groups excluding tert-OH is 1. The second-order valence-electron chi connectivity index (χ2n) is 5.65. The van der Waals surface area contributed by atoms with E-state index in [9.17, 15) is 19.1 Å². The number of nitrogens with zero attached hydrogens (tertiary/aromatic N) is 2. The van der Waals surface area contributed by atoms with Gasteiger partial charge in [0.1, 0.15) is 11.9 Å². The number of hydrogen-bond acceptors (Lipinski definition) is 3. The van der Waals surface area contributed by atoms with Crippen molar-refractivity contribution in [2.45, 2.75) is 19.1 Å². The SMILES string of the molecule is C[C@H]1C(=O)N(C[C@@H](O)c2ccccc2F)C(=O)N1c1ccccc1. The molecule has 24 heavy (non-hydrogen) atoms. The van der Waals surface area contributed by atoms with Gasteiger partial charge in [0.05, 0.1) is 12.6 Å². The molecule has 0 unspecified atom stereocenters. The number of anilines is 1. The zero-order valence-corrected chi connectivity index (χ0v) is 13.1. The highest BCUT2D eigenvalue weighted by Crippen LogP contribution is 2.27. The van der Waals surface area contributed by atoms with Crippen LogP contribution in [0.5, 0.6) is 0 Å². The molecule has 0 spiro atoms. The summed E-state index contributed by atoms with van der Waals surface area (Å²) in [5.74, 6) is -0.990. The molecule has 0 aromatic heterocycles. The van der Waals surface area contributed by atoms with Gasteiger partial charge < -0.3 is 5.11 Å². The number of amides is 3. The summed E-state index contributed by atoms with van der Waals surface area (Å²) >= 11 is 0. The summed E-state index contributed by atoms with van der Waals surface area (Å²) in [7, 11) is 0. The fraction of sp³-hybridized carbons (Fsp3) is 0.222. The molecule has 5 nitrogen and oxygen atoms in total. The number of carbonyl (C=O) groups excluding carboxylic acids is 2. The minimum absolute atomic E-state index is 0.0592. The number of rotatable bonds is 4. The number of halogens is 1. The fourth-order valence-corrected chi connectivity index (χ4v) is 2.83. The topological polar surface area (TPSA) is 60.9 Å². The molecule has 0 bridgehead atoms. The maximum atomic E-state index is 13.8. The molecule has 1 aliphatic heterocycles. The van der Waals surface area contributed by atoms with E-state index in [1.165, 1.54) is 23.1 Å². The van der Waals surface area contributed by atoms with E-state index in [0.29, 0.717) is 5.69 Å². The Bertz CT molecular complexity index is 766. The molecule has 2 aromatic carbocycles. The summed E-state index contributed by atoms with van der Waals surface area (Å²) in [5, 5.41) is 10.2. The first-order valence-corrected chi connectivity index (χ1v) is 7.63. The van der Waals surface area contributed by atoms with Crippen LogP contribution in [0.4, 0.5) is 14.9 Å². The fourth-order valence-electron chi connectivity index (χ4n) is 2.83. The highest BCUT2D eigenvalue weighted by molar-refractivity contribution is 6.14. The summed E-state index contributed by atoms with van der Waals surface area (Å²) in [4.78, 5) is 27.4. The number of aliphatic hydroxyl groups is 1. The zero-order chi connectivity index (χ0) is 17.3. The molecule has 124 valence electrons. The van der Waals surface area contributed by atoms with Crippen LogP contribution in [0.1, 0.15) is 18.6 Å². The van der Waals surface area contributed by atoms with Gasteiger partial charge in [-0.25, -0.2) is 9.18 Å². The minimum atomic E-state index is -1.28. The highest BCUT2D eigenvalue weighted by atomic mass is 19.1. The molecular formula is C18H17FN2O3. The lowest BCUT2D eigenvalue weighted by molar-refractivity contribution is -0.128. The lowest BCUT2D eigenvalue weighted by Crippen LogP contribution is -2.36. The Labute approximate surface area is 138 Å². The van der Waals surface area contributed by atoms with Crippen LogP contribution in [-0.2, 0) is 4.79 Å². The van der Waals surface area contributed by atoms with Crippen LogP contribution in [0.2, 0.25) is 0 Å². The van der Waals surface area contributed by atoms with Gasteiger partial charge in [-0.05, 0) is 25.1 Å². The first kappa shape index (κ1) is 16.1. The summed E-state index contributed by atoms with van der Waals surface area (Å²) in [6.07, 6.45) is -1.28. The smallest absolute Gasteiger partial charge is 0.332 e. The average molecular weight is 328 g/mol. The van der Waals surface area contributed by atoms with Gasteiger partial charge in [0.2, 0.25) is 0 Å². The Morgan fingerprint density at radius 3 is 2.38 bits per heavy atom. The summed E-state index contributed by atoms with van der Waals surface area (Å²) in [6, 6.07) is 13.4. The molecule has 0 radical (unpaired) electrons. The van der Waals surface area contributed by atoms with Crippen molar-refractivity contribution in [2.75, 3.05) is 11.4 Å². The highest BCUT2D eigenvalue weighted by Gasteiger charge is 2.44. The number of para-hydroxylation sites is 1. The van der Waals surface area contributed by atoms with E-state index < -0.39 is 29.9 Å². The van der Waals surface area contributed by atoms with Crippen molar-refractivity contribution in [3.63, 3.8) is 0 Å². The van der Waals surface area contributed by atoms with E-state index in [1.54, 1.807) is 37.3 Å². The van der Waals surface area contributed by atoms with E-state index in [0.717, 1.165) is 4.90 Å². The number of β-amino-alcohol motifs (C(OH)–C–C–N with tert-alkyl or cyclic N) is 1. The second kappa shape index (κ2) is 6.41. The van der Waals surface area contributed by atoms with Crippen LogP contribution >= 0.6 is 0 Å². The summed E-state index contributed by atoms with van der Waals surface area (Å²) in [6.45, 7) is 1.34. The van der Waals surface area contributed by atoms with E-state index >= 15 is 0 Å². The van der Waals surface area contributed by atoms with Gasteiger partial charge >= 0.3 is 6.03 Å². The van der Waals surface area contributed by atoms with Crippen molar-refractivity contribution < 1.29 is 19.1 Å². The maximum Gasteiger partial charge on any atom is 0.332 e. The molecule has 1 saturated heterocycles. The van der Waals surface area contributed by atoms with Crippen LogP contribution in [-0.4, -0.2) is 34.5 Å². The number of hydrogen-bond donors (Lipinski definition) is 1. The Morgan fingerprint density at radius 2 is 1.71 bits per heavy atom. The van der Waals surface area contributed by atoms with Gasteiger partial charge in [0.15, 0.2) is 0 Å². The van der Waals surface area contributed by atoms with Crippen molar-refractivity contribution in [1.82, 2.24) is 4.90 Å². The predicted molar refractivity (Wildman–Crippen MR) is 86.9 cm³/mol. The molecule has 1 aliphatic rings. The molecule has 1 fully saturated rings. The first-order valence-electron chi connectivity index (χ1n) is 7.63. The van der Waals surface area contributed by atoms with Gasteiger partial charge in [-0.2, -0.15) is 0 Å². The number of imide groups is 1. The largest absolute Gasteiger partial charge is 0.386 e. The van der Waals surface area contributed by atoms with E-state index in [-0.39, 0.29) is 12.1 Å². The van der Waals surface area contributed by atoms with E-state index in [2.05, 4.69) is 0 Å². The number of urea groups is 1. The van der Waals surface area contributed by atoms with Crippen molar-refractivity contribution in [1.29, 1.82) is 0 Å². The molecule has 0 saturated carbocycles. The van der Waals surface area contributed by atoms with Crippen LogP contribution in [0.3, 0.4) is 0 Å². The Kier molecular flexibility index (Phi) is 4.31. The average Bonchev–Trinajstić information content (AvgIpc) is 2.79. The zero-order valence-electron chi connectivity index (χ0n) is 13.1. The third-order valence-electron chi connectivity index (χ3n) is 4.10. The third kappa shape index (κ3) is 2.76. The molecule has 2 atom stereocenters. The molecular weight excluding hydrogens is 311 g/mol. The molecule has 0 aliphatic carbocycles. The quantitative estimate of drug-likeness (QED) is 0.878. The summed E-state index contributed by atoms with van der Waals surface area (Å²) in [5.41, 5.74) is 0.662. The Hall–Kier alpha value is -2.73. The number of benzene rings is 2. The third-order valence-corrected chi connectivity index (χ3v) is 4.10. The monoisotopic (exact) mass is 328 g/mol. The predicted octanol–water partition coefficient (Wildman–Crippen LogP) is 2.72. The second-order valence-corrected chi connectivity index (χ2v) is 5.65. The Balaban J connectivity index is 1.83. The lowest BCUT2D eigenvalue weighted by Gasteiger charge is -2.20. The summed E-state index contributed by atoms with van der Waals surface area (Å²) < 4.78 is 13.8. The van der Waals surface area contributed by atoms with Crippen molar-refractivity contribution >= 4 is 17.6 Å². The Morgan fingerprint density at radius 1 is 1.08 bits per heavy atom. The maximum absolute atomic E-state index is 13.8. The normalized spacial score (nSPS) is 19.0. The first-order chi connectivity index (χ1) is 11.5. The standard InChI is InChI=1S/C18H17FN2O3/c1-12-17(23)20(11-16(22)14-9-5-6-10-15(14)19)18(24)21(12)13-7-3-2-4-8-13/h2-10,12,16,22H,11H2,1H3/t12-,16+/m0/s1. The van der Waals surface area contributed by atoms with Crippen molar-refractivity contribution in [3.05, 3.63) is 66.0 Å². The van der Waals surface area contributed by atoms with E-state index in [1.807, 2.05) is 6.07 Å². The number of carbonyl (C=O) groups is 2. The van der Waals surface area contributed by atoms with Crippen LogP contribution in [0.15, 0.2) is 54.6 Å². The molecule has 3 rings (SSSR count). The lowest BCUT2D eigenvalue weighted by atomic mass is 10.1. The van der Waals surface area contributed by atoms with Crippen LogP contribution in [0.25, 0.3) is 0 Å². The van der Waals surface area contributed by atoms with E-state index in [4.69, 9.17) is 0 Å². The molecule has 3 amide bonds. The van der Waals surface area contributed by atoms with Gasteiger partial charge in [-0.15, -0.1) is 0 Å². The molecule has 1 N–H and O–H groups in total. The molecule has 1 heterocycles. The van der Waals surface area contributed by atoms with Gasteiger partial charge in [0.25, 0.3) is 5.91 Å². The van der Waals surface area contributed by atoms with Crippen molar-refractivity contribution in [3.8, 4) is 0 Å². The van der Waals surface area contributed by atoms with Crippen molar-refractivity contribution in [2.24, 2.45) is 0 Å². The minimum Gasteiger partial charge on any atom is -0.386 e. The van der Waals surface area contributed by atoms with Gasteiger partial charge in [0, 0.05) is 11.3 Å².